The van der Waals surface area contributed by atoms with Crippen LogP contribution in [-0.4, -0.2) is 23.3 Å². The third-order valence-corrected chi connectivity index (χ3v) is 4.05. The van der Waals surface area contributed by atoms with Gasteiger partial charge >= 0.3 is 0 Å². The van der Waals surface area contributed by atoms with Crippen LogP contribution < -0.4 is 4.74 Å². The summed E-state index contributed by atoms with van der Waals surface area (Å²) in [6.45, 7) is 2.27. The van der Waals surface area contributed by atoms with E-state index in [4.69, 9.17) is 19.2 Å². The highest BCUT2D eigenvalue weighted by molar-refractivity contribution is 5.90. The fraction of sp³-hybridized carbons (Fsp3) is 0.150. The minimum absolute atomic E-state index is 0.0140. The number of nitrogens with zero attached hydrogens (tertiary/aromatic N) is 1. The lowest BCUT2D eigenvalue weighted by atomic mass is 10.1. The molecule has 0 atom stereocenters. The van der Waals surface area contributed by atoms with Gasteiger partial charge in [0, 0.05) is 10.8 Å². The lowest BCUT2D eigenvalue weighted by Gasteiger charge is -2.10. The number of furan rings is 1. The van der Waals surface area contributed by atoms with Gasteiger partial charge in [0.25, 0.3) is 0 Å². The second kappa shape index (κ2) is 5.98. The molecule has 0 amide bonds. The zero-order chi connectivity index (χ0) is 16.5. The van der Waals surface area contributed by atoms with Crippen molar-refractivity contribution in [2.75, 3.05) is 13.2 Å². The lowest BCUT2D eigenvalue weighted by molar-refractivity contribution is 0.203. The van der Waals surface area contributed by atoms with Gasteiger partial charge < -0.3 is 14.3 Å². The number of aryl methyl sites for hydroxylation is 1. The highest BCUT2D eigenvalue weighted by Gasteiger charge is 2.11. The van der Waals surface area contributed by atoms with Crippen LogP contribution >= 0.6 is 0 Å². The molecule has 24 heavy (non-hydrogen) atoms. The van der Waals surface area contributed by atoms with E-state index in [0.29, 0.717) is 0 Å². The first-order valence-electron chi connectivity index (χ1n) is 7.89. The number of aliphatic hydroxyl groups is 1. The van der Waals surface area contributed by atoms with Gasteiger partial charge in [0.2, 0.25) is 0 Å². The smallest absolute Gasteiger partial charge is 0.153 e. The number of hydrogen-bond acceptors (Lipinski definition) is 4. The van der Waals surface area contributed by atoms with Crippen molar-refractivity contribution in [3.8, 4) is 17.2 Å². The Bertz CT molecular complexity index is 987. The van der Waals surface area contributed by atoms with E-state index in [9.17, 15) is 0 Å². The molecular weight excluding hydrogens is 302 g/mol. The lowest BCUT2D eigenvalue weighted by Crippen LogP contribution is -2.02. The van der Waals surface area contributed by atoms with Gasteiger partial charge in [-0.15, -0.1) is 0 Å². The number of rotatable bonds is 4. The second-order valence-corrected chi connectivity index (χ2v) is 5.69. The standard InChI is InChI=1S/C20H17NO3/c1-13-6-9-18(23-11-10-22)15-7-8-16(21-20(13)15)19-12-14-4-2-3-5-17(14)24-19/h2-9,12,22H,10-11H2,1H3. The normalized spacial score (nSPS) is 11.2. The molecule has 0 saturated heterocycles. The Morgan fingerprint density at radius 2 is 1.96 bits per heavy atom. The summed E-state index contributed by atoms with van der Waals surface area (Å²) < 4.78 is 11.5. The molecule has 2 aromatic heterocycles. The predicted molar refractivity (Wildman–Crippen MR) is 94.3 cm³/mol. The number of para-hydroxylation sites is 1. The number of fused-ring (bicyclic) bond motifs is 2. The molecule has 0 saturated carbocycles. The fourth-order valence-electron chi connectivity index (χ4n) is 2.85. The Morgan fingerprint density at radius 1 is 1.08 bits per heavy atom. The number of benzene rings is 2. The van der Waals surface area contributed by atoms with Gasteiger partial charge in [0.05, 0.1) is 12.1 Å². The van der Waals surface area contributed by atoms with Crippen LogP contribution in [-0.2, 0) is 0 Å². The first-order valence-corrected chi connectivity index (χ1v) is 7.89. The molecule has 0 aliphatic rings. The first kappa shape index (κ1) is 14.7. The average molecular weight is 319 g/mol. The summed E-state index contributed by atoms with van der Waals surface area (Å²) >= 11 is 0. The summed E-state index contributed by atoms with van der Waals surface area (Å²) in [4.78, 5) is 4.77. The second-order valence-electron chi connectivity index (χ2n) is 5.69. The minimum atomic E-state index is -0.0140. The molecular formula is C20H17NO3. The zero-order valence-corrected chi connectivity index (χ0v) is 13.3. The van der Waals surface area contributed by atoms with Crippen molar-refractivity contribution in [3.05, 3.63) is 60.2 Å². The maximum absolute atomic E-state index is 8.96. The largest absolute Gasteiger partial charge is 0.490 e. The topological polar surface area (TPSA) is 55.5 Å². The Hall–Kier alpha value is -2.85. The van der Waals surface area contributed by atoms with Crippen LogP contribution in [0.25, 0.3) is 33.3 Å². The summed E-state index contributed by atoms with van der Waals surface area (Å²) in [5, 5.41) is 11.0. The van der Waals surface area contributed by atoms with Crippen LogP contribution in [0.4, 0.5) is 0 Å². The molecule has 0 aliphatic heterocycles. The van der Waals surface area contributed by atoms with Crippen LogP contribution in [0.2, 0.25) is 0 Å². The Balaban J connectivity index is 1.84. The maximum Gasteiger partial charge on any atom is 0.153 e. The van der Waals surface area contributed by atoms with Crippen molar-refractivity contribution in [1.82, 2.24) is 4.98 Å². The Labute approximate surface area is 139 Å². The first-order chi connectivity index (χ1) is 11.8. The van der Waals surface area contributed by atoms with Gasteiger partial charge in [-0.3, -0.25) is 0 Å². The number of ether oxygens (including phenoxy) is 1. The van der Waals surface area contributed by atoms with E-state index in [1.807, 2.05) is 61.5 Å². The van der Waals surface area contributed by atoms with E-state index in [1.54, 1.807) is 0 Å². The summed E-state index contributed by atoms with van der Waals surface area (Å²) in [6.07, 6.45) is 0. The molecule has 2 heterocycles. The van der Waals surface area contributed by atoms with Crippen LogP contribution in [0.5, 0.6) is 5.75 Å². The summed E-state index contributed by atoms with van der Waals surface area (Å²) in [6, 6.07) is 17.7. The maximum atomic E-state index is 8.96. The molecule has 4 nitrogen and oxygen atoms in total. The van der Waals surface area contributed by atoms with Crippen LogP contribution in [0.1, 0.15) is 5.56 Å². The van der Waals surface area contributed by atoms with Crippen molar-refractivity contribution in [3.63, 3.8) is 0 Å². The van der Waals surface area contributed by atoms with Crippen LogP contribution in [0.15, 0.2) is 59.0 Å². The van der Waals surface area contributed by atoms with E-state index < -0.39 is 0 Å². The average Bonchev–Trinajstić information content (AvgIpc) is 3.05. The SMILES string of the molecule is Cc1ccc(OCCO)c2ccc(-c3cc4ccccc4o3)nc12. The van der Waals surface area contributed by atoms with E-state index in [-0.39, 0.29) is 13.2 Å². The highest BCUT2D eigenvalue weighted by Crippen LogP contribution is 2.32. The fourth-order valence-corrected chi connectivity index (χ4v) is 2.85. The zero-order valence-electron chi connectivity index (χ0n) is 13.3. The molecule has 0 unspecified atom stereocenters. The Morgan fingerprint density at radius 3 is 2.79 bits per heavy atom. The van der Waals surface area contributed by atoms with Crippen molar-refractivity contribution >= 4 is 21.9 Å². The molecule has 4 aromatic rings. The van der Waals surface area contributed by atoms with Gasteiger partial charge in [-0.1, -0.05) is 24.3 Å². The van der Waals surface area contributed by atoms with Gasteiger partial charge in [0.1, 0.15) is 23.6 Å². The van der Waals surface area contributed by atoms with Gasteiger partial charge in [-0.25, -0.2) is 4.98 Å². The highest BCUT2D eigenvalue weighted by atomic mass is 16.5. The van der Waals surface area contributed by atoms with Gasteiger partial charge in [-0.05, 0) is 42.8 Å². The summed E-state index contributed by atoms with van der Waals surface area (Å²) in [5.41, 5.74) is 3.59. The van der Waals surface area contributed by atoms with Crippen molar-refractivity contribution in [1.29, 1.82) is 0 Å². The number of hydrogen-bond donors (Lipinski definition) is 1. The molecule has 0 fully saturated rings. The monoisotopic (exact) mass is 319 g/mol. The third kappa shape index (κ3) is 2.51. The quantitative estimate of drug-likeness (QED) is 0.608. The van der Waals surface area contributed by atoms with E-state index >= 15 is 0 Å². The molecule has 0 radical (unpaired) electrons. The van der Waals surface area contributed by atoms with E-state index in [0.717, 1.165) is 44.6 Å². The molecule has 1 N–H and O–H groups in total. The van der Waals surface area contributed by atoms with Crippen molar-refractivity contribution < 1.29 is 14.3 Å². The number of aromatic nitrogens is 1. The van der Waals surface area contributed by atoms with Crippen LogP contribution in [0, 0.1) is 6.92 Å². The summed E-state index contributed by atoms with van der Waals surface area (Å²) in [7, 11) is 0. The minimum Gasteiger partial charge on any atom is -0.490 e. The third-order valence-electron chi connectivity index (χ3n) is 4.05. The predicted octanol–water partition coefficient (Wildman–Crippen LogP) is 4.33. The summed E-state index contributed by atoms with van der Waals surface area (Å²) in [5.74, 6) is 1.48. The molecule has 0 spiro atoms. The number of pyridine rings is 1. The van der Waals surface area contributed by atoms with Gasteiger partial charge in [0.15, 0.2) is 5.76 Å². The molecule has 4 rings (SSSR count). The molecule has 0 bridgehead atoms. The number of aliphatic hydroxyl groups excluding tert-OH is 1. The van der Waals surface area contributed by atoms with E-state index in [1.165, 1.54) is 0 Å². The molecule has 120 valence electrons. The Kier molecular flexibility index (Phi) is 3.67. The van der Waals surface area contributed by atoms with E-state index in [2.05, 4.69) is 0 Å². The molecule has 0 aliphatic carbocycles. The van der Waals surface area contributed by atoms with Crippen molar-refractivity contribution in [2.24, 2.45) is 0 Å². The molecule has 2 aromatic carbocycles. The van der Waals surface area contributed by atoms with Gasteiger partial charge in [-0.2, -0.15) is 0 Å². The van der Waals surface area contributed by atoms with Crippen molar-refractivity contribution in [2.45, 2.75) is 6.92 Å². The van der Waals surface area contributed by atoms with Crippen LogP contribution in [0.3, 0.4) is 0 Å². The molecule has 4 heteroatoms.